The Morgan fingerprint density at radius 2 is 1.67 bits per heavy atom. The largest absolute Gasteiger partial charge is 0.397 e. The van der Waals surface area contributed by atoms with E-state index in [1.54, 1.807) is 0 Å². The van der Waals surface area contributed by atoms with Crippen LogP contribution in [0.5, 0.6) is 0 Å². The van der Waals surface area contributed by atoms with Gasteiger partial charge in [-0.3, -0.25) is 0 Å². The van der Waals surface area contributed by atoms with E-state index in [-0.39, 0.29) is 0 Å². The Morgan fingerprint density at radius 1 is 1.00 bits per heavy atom. The molecule has 18 heavy (non-hydrogen) atoms. The van der Waals surface area contributed by atoms with E-state index in [9.17, 15) is 5.26 Å². The van der Waals surface area contributed by atoms with Crippen LogP contribution in [0.1, 0.15) is 11.1 Å². The monoisotopic (exact) mass is 346 g/mol. The van der Waals surface area contributed by atoms with E-state index in [1.807, 2.05) is 54.6 Å². The second-order valence-corrected chi connectivity index (χ2v) is 5.02. The summed E-state index contributed by atoms with van der Waals surface area (Å²) in [7, 11) is 0. The van der Waals surface area contributed by atoms with Crippen LogP contribution in [0.2, 0.25) is 0 Å². The molecule has 88 valence electrons. The van der Waals surface area contributed by atoms with Gasteiger partial charge in [-0.1, -0.05) is 42.5 Å². The standard InChI is InChI=1S/C15H11IN2/c16-13-8-4-7-12(9-13)15(18)14(10-17)11-5-2-1-3-6-11/h1-9H,18H2/b15-14-. The fourth-order valence-electron chi connectivity index (χ4n) is 1.69. The second kappa shape index (κ2) is 5.69. The SMILES string of the molecule is N#C/C(=C(/N)c1cccc(I)c1)c1ccccc1. The van der Waals surface area contributed by atoms with Crippen molar-refractivity contribution in [3.05, 3.63) is 69.3 Å². The Balaban J connectivity index is 2.55. The van der Waals surface area contributed by atoms with Crippen molar-refractivity contribution in [2.24, 2.45) is 5.73 Å². The van der Waals surface area contributed by atoms with Gasteiger partial charge in [-0.2, -0.15) is 5.26 Å². The predicted octanol–water partition coefficient (Wildman–Crippen LogP) is 3.64. The summed E-state index contributed by atoms with van der Waals surface area (Å²) < 4.78 is 1.10. The van der Waals surface area contributed by atoms with Crippen molar-refractivity contribution < 1.29 is 0 Å². The van der Waals surface area contributed by atoms with Crippen LogP contribution < -0.4 is 5.73 Å². The summed E-state index contributed by atoms with van der Waals surface area (Å²) in [5.41, 5.74) is 8.85. The number of hydrogen-bond donors (Lipinski definition) is 1. The van der Waals surface area contributed by atoms with E-state index in [0.717, 1.165) is 14.7 Å². The highest BCUT2D eigenvalue weighted by atomic mass is 127. The zero-order valence-electron chi connectivity index (χ0n) is 9.60. The average molecular weight is 346 g/mol. The molecule has 0 aromatic heterocycles. The summed E-state index contributed by atoms with van der Waals surface area (Å²) in [6.07, 6.45) is 0. The molecule has 0 fully saturated rings. The van der Waals surface area contributed by atoms with Crippen molar-refractivity contribution >= 4 is 33.9 Å². The molecule has 0 unspecified atom stereocenters. The van der Waals surface area contributed by atoms with E-state index in [0.29, 0.717) is 11.3 Å². The molecule has 0 aliphatic rings. The molecule has 0 saturated carbocycles. The Bertz CT molecular complexity index is 624. The zero-order valence-corrected chi connectivity index (χ0v) is 11.8. The highest BCUT2D eigenvalue weighted by Crippen LogP contribution is 2.22. The van der Waals surface area contributed by atoms with Crippen molar-refractivity contribution in [3.8, 4) is 6.07 Å². The van der Waals surface area contributed by atoms with E-state index < -0.39 is 0 Å². The van der Waals surface area contributed by atoms with Crippen molar-refractivity contribution in [1.29, 1.82) is 5.26 Å². The predicted molar refractivity (Wildman–Crippen MR) is 82.2 cm³/mol. The van der Waals surface area contributed by atoms with Crippen LogP contribution in [-0.2, 0) is 0 Å². The van der Waals surface area contributed by atoms with E-state index >= 15 is 0 Å². The lowest BCUT2D eigenvalue weighted by Gasteiger charge is -2.06. The van der Waals surface area contributed by atoms with Gasteiger partial charge in [-0.25, -0.2) is 0 Å². The van der Waals surface area contributed by atoms with Crippen LogP contribution in [0.3, 0.4) is 0 Å². The molecule has 0 bridgehead atoms. The lowest BCUT2D eigenvalue weighted by molar-refractivity contribution is 1.47. The first kappa shape index (κ1) is 12.7. The van der Waals surface area contributed by atoms with Crippen molar-refractivity contribution in [3.63, 3.8) is 0 Å². The smallest absolute Gasteiger partial charge is 0.102 e. The minimum Gasteiger partial charge on any atom is -0.397 e. The van der Waals surface area contributed by atoms with Crippen LogP contribution in [0, 0.1) is 14.9 Å². The number of hydrogen-bond acceptors (Lipinski definition) is 2. The zero-order chi connectivity index (χ0) is 13.0. The third kappa shape index (κ3) is 2.71. The Labute approximate surface area is 120 Å². The average Bonchev–Trinajstić information content (AvgIpc) is 2.41. The van der Waals surface area contributed by atoms with E-state index in [2.05, 4.69) is 28.7 Å². The highest BCUT2D eigenvalue weighted by molar-refractivity contribution is 14.1. The van der Waals surface area contributed by atoms with Gasteiger partial charge < -0.3 is 5.73 Å². The van der Waals surface area contributed by atoms with Crippen LogP contribution in [0.4, 0.5) is 0 Å². The molecule has 0 saturated heterocycles. The Kier molecular flexibility index (Phi) is 4.00. The summed E-state index contributed by atoms with van der Waals surface area (Å²) in [5.74, 6) is 0. The summed E-state index contributed by atoms with van der Waals surface area (Å²) in [5, 5.41) is 9.29. The van der Waals surface area contributed by atoms with Crippen molar-refractivity contribution in [2.45, 2.75) is 0 Å². The maximum atomic E-state index is 9.29. The first-order valence-corrected chi connectivity index (χ1v) is 6.51. The van der Waals surface area contributed by atoms with Gasteiger partial charge in [0.2, 0.25) is 0 Å². The fourth-order valence-corrected chi connectivity index (χ4v) is 2.23. The molecule has 0 spiro atoms. The van der Waals surface area contributed by atoms with Gasteiger partial charge in [0.1, 0.15) is 6.07 Å². The first-order valence-electron chi connectivity index (χ1n) is 5.43. The molecule has 2 aromatic carbocycles. The van der Waals surface area contributed by atoms with Crippen LogP contribution in [-0.4, -0.2) is 0 Å². The Hall–Kier alpha value is -1.80. The van der Waals surface area contributed by atoms with Gasteiger partial charge in [0.25, 0.3) is 0 Å². The lowest BCUT2D eigenvalue weighted by atomic mass is 10.0. The molecule has 2 rings (SSSR count). The lowest BCUT2D eigenvalue weighted by Crippen LogP contribution is -2.00. The third-order valence-electron chi connectivity index (χ3n) is 2.58. The summed E-state index contributed by atoms with van der Waals surface area (Å²) in [4.78, 5) is 0. The molecule has 3 heteroatoms. The van der Waals surface area contributed by atoms with Gasteiger partial charge >= 0.3 is 0 Å². The van der Waals surface area contributed by atoms with Crippen LogP contribution in [0.25, 0.3) is 11.3 Å². The number of nitrogens with zero attached hydrogens (tertiary/aromatic N) is 1. The minimum atomic E-state index is 0.512. The molecule has 0 amide bonds. The maximum Gasteiger partial charge on any atom is 0.102 e. The molecular weight excluding hydrogens is 335 g/mol. The van der Waals surface area contributed by atoms with Gasteiger partial charge in [0, 0.05) is 3.57 Å². The third-order valence-corrected chi connectivity index (χ3v) is 3.25. The van der Waals surface area contributed by atoms with Gasteiger partial charge in [0.15, 0.2) is 0 Å². The quantitative estimate of drug-likeness (QED) is 0.513. The van der Waals surface area contributed by atoms with Crippen molar-refractivity contribution in [2.75, 3.05) is 0 Å². The number of halogens is 1. The highest BCUT2D eigenvalue weighted by Gasteiger charge is 2.08. The molecule has 0 aliphatic carbocycles. The fraction of sp³-hybridized carbons (Fsp3) is 0. The molecule has 2 nitrogen and oxygen atoms in total. The number of nitrogens with two attached hydrogens (primary N) is 1. The summed E-state index contributed by atoms with van der Waals surface area (Å²) in [6, 6.07) is 19.5. The van der Waals surface area contributed by atoms with Gasteiger partial charge in [-0.05, 0) is 45.9 Å². The first-order chi connectivity index (χ1) is 8.72. The summed E-state index contributed by atoms with van der Waals surface area (Å²) in [6.45, 7) is 0. The Morgan fingerprint density at radius 3 is 2.28 bits per heavy atom. The normalized spacial score (nSPS) is 11.6. The van der Waals surface area contributed by atoms with Gasteiger partial charge in [-0.15, -0.1) is 0 Å². The number of allylic oxidation sites excluding steroid dienone is 1. The number of benzene rings is 2. The molecule has 0 radical (unpaired) electrons. The topological polar surface area (TPSA) is 49.8 Å². The van der Waals surface area contributed by atoms with E-state index in [4.69, 9.17) is 5.73 Å². The van der Waals surface area contributed by atoms with Gasteiger partial charge in [0.05, 0.1) is 11.3 Å². The minimum absolute atomic E-state index is 0.512. The molecule has 2 aromatic rings. The molecule has 0 heterocycles. The molecule has 0 atom stereocenters. The maximum absolute atomic E-state index is 9.29. The molecule has 2 N–H and O–H groups in total. The molecule has 0 aliphatic heterocycles. The van der Waals surface area contributed by atoms with Crippen molar-refractivity contribution in [1.82, 2.24) is 0 Å². The van der Waals surface area contributed by atoms with Crippen LogP contribution in [0.15, 0.2) is 54.6 Å². The van der Waals surface area contributed by atoms with E-state index in [1.165, 1.54) is 0 Å². The number of nitriles is 1. The second-order valence-electron chi connectivity index (χ2n) is 3.78. The number of rotatable bonds is 2. The molecular formula is C15H11IN2. The summed E-state index contributed by atoms with van der Waals surface area (Å²) >= 11 is 2.23. The van der Waals surface area contributed by atoms with Crippen LogP contribution >= 0.6 is 22.6 Å².